The van der Waals surface area contributed by atoms with Crippen LogP contribution in [0.2, 0.25) is 9.49 Å². The van der Waals surface area contributed by atoms with Crippen LogP contribution in [0, 0.1) is 0 Å². The zero-order valence-electron chi connectivity index (χ0n) is 16.7. The van der Waals surface area contributed by atoms with Gasteiger partial charge in [-0.1, -0.05) is 36.2 Å². The summed E-state index contributed by atoms with van der Waals surface area (Å²) >= 11 is 13.1. The molecule has 0 aliphatic carbocycles. The lowest BCUT2D eigenvalue weighted by molar-refractivity contribution is -0.699. The number of thiazole rings is 1. The predicted molar refractivity (Wildman–Crippen MR) is 117 cm³/mol. The Morgan fingerprint density at radius 3 is 2.69 bits per heavy atom. The lowest BCUT2D eigenvalue weighted by atomic mass is 10.0. The van der Waals surface area contributed by atoms with Crippen LogP contribution in [0.5, 0.6) is 5.88 Å². The topological polar surface area (TPSA) is 59.0 Å². The van der Waals surface area contributed by atoms with Crippen LogP contribution in [0.4, 0.5) is 13.2 Å². The van der Waals surface area contributed by atoms with Gasteiger partial charge >= 0.3 is 11.7 Å². The summed E-state index contributed by atoms with van der Waals surface area (Å²) in [6, 6.07) is 2.64. The van der Waals surface area contributed by atoms with Gasteiger partial charge < -0.3 is 5.11 Å². The standard InChI is InChI=1S/C21H16Cl2F3N3O2S/c1-2-14-4-3-5-16-28(10-15-9-27-20(23)32-15)18(30)17(19(31)29(14)16)11-6-12(21(24,25)26)8-13(22)7-11/h3,5-9,14H,2,4,10H2,1H3/p+1. The molecule has 32 heavy (non-hydrogen) atoms. The molecule has 1 aliphatic rings. The third-order valence-electron chi connectivity index (χ3n) is 5.30. The van der Waals surface area contributed by atoms with Crippen molar-refractivity contribution in [3.8, 4) is 17.0 Å². The van der Waals surface area contributed by atoms with Crippen LogP contribution in [0.1, 0.15) is 42.1 Å². The smallest absolute Gasteiger partial charge is 0.416 e. The second-order valence-corrected chi connectivity index (χ2v) is 9.46. The number of allylic oxidation sites excluding steroid dienone is 1. The van der Waals surface area contributed by atoms with Crippen LogP contribution in [-0.4, -0.2) is 14.7 Å². The monoisotopic (exact) mass is 502 g/mol. The maximum absolute atomic E-state index is 13.5. The molecule has 0 amide bonds. The predicted octanol–water partition coefficient (Wildman–Crippen LogP) is 5.71. The van der Waals surface area contributed by atoms with E-state index in [9.17, 15) is 23.1 Å². The number of hydrogen-bond donors (Lipinski definition) is 1. The third-order valence-corrected chi connectivity index (χ3v) is 6.62. The van der Waals surface area contributed by atoms with Gasteiger partial charge in [0, 0.05) is 23.7 Å². The molecule has 0 saturated heterocycles. The highest BCUT2D eigenvalue weighted by Gasteiger charge is 2.36. The Bertz CT molecular complexity index is 1280. The van der Waals surface area contributed by atoms with Crippen molar-refractivity contribution >= 4 is 40.6 Å². The molecule has 3 aromatic rings. The van der Waals surface area contributed by atoms with Crippen molar-refractivity contribution in [2.45, 2.75) is 38.5 Å². The Morgan fingerprint density at radius 2 is 2.06 bits per heavy atom. The molecule has 2 aromatic heterocycles. The van der Waals surface area contributed by atoms with Crippen LogP contribution < -0.4 is 10.1 Å². The molecule has 5 nitrogen and oxygen atoms in total. The number of nitrogens with zero attached hydrogens (tertiary/aromatic N) is 3. The van der Waals surface area contributed by atoms with E-state index >= 15 is 0 Å². The van der Waals surface area contributed by atoms with Crippen molar-refractivity contribution in [2.75, 3.05) is 0 Å². The van der Waals surface area contributed by atoms with Gasteiger partial charge in [-0.3, -0.25) is 0 Å². The molecule has 1 atom stereocenters. The maximum atomic E-state index is 13.5. The molecule has 4 rings (SSSR count). The van der Waals surface area contributed by atoms with E-state index in [0.717, 1.165) is 12.1 Å². The maximum Gasteiger partial charge on any atom is 0.416 e. The van der Waals surface area contributed by atoms with Crippen molar-refractivity contribution in [1.82, 2.24) is 9.55 Å². The van der Waals surface area contributed by atoms with Crippen molar-refractivity contribution in [1.29, 1.82) is 0 Å². The fraction of sp³-hybridized carbons (Fsp3) is 0.286. The molecule has 0 radical (unpaired) electrons. The van der Waals surface area contributed by atoms with Gasteiger partial charge in [0.25, 0.3) is 11.7 Å². The first-order valence-corrected chi connectivity index (χ1v) is 11.2. The summed E-state index contributed by atoms with van der Waals surface area (Å²) < 4.78 is 43.5. The molecule has 0 fully saturated rings. The molecule has 11 heteroatoms. The van der Waals surface area contributed by atoms with E-state index in [1.54, 1.807) is 12.3 Å². The largest absolute Gasteiger partial charge is 0.477 e. The van der Waals surface area contributed by atoms with Crippen LogP contribution in [-0.2, 0) is 12.7 Å². The quantitative estimate of drug-likeness (QED) is 0.465. The number of rotatable bonds is 4. The van der Waals surface area contributed by atoms with Gasteiger partial charge in [-0.05, 0) is 30.2 Å². The Balaban J connectivity index is 2.02. The second-order valence-electron chi connectivity index (χ2n) is 7.32. The molecule has 1 aliphatic heterocycles. The molecule has 0 saturated carbocycles. The van der Waals surface area contributed by atoms with E-state index in [-0.39, 0.29) is 28.7 Å². The number of aromatic nitrogens is 3. The van der Waals surface area contributed by atoms with Gasteiger partial charge in [0.15, 0.2) is 10.0 Å². The normalized spacial score (nSPS) is 15.8. The molecule has 1 aromatic carbocycles. The minimum absolute atomic E-state index is 0.108. The number of alkyl halides is 3. The highest BCUT2D eigenvalue weighted by molar-refractivity contribution is 7.15. The Hall–Kier alpha value is -2.36. The van der Waals surface area contributed by atoms with E-state index in [1.807, 2.05) is 13.0 Å². The van der Waals surface area contributed by atoms with E-state index in [4.69, 9.17) is 23.2 Å². The number of aromatic hydroxyl groups is 1. The summed E-state index contributed by atoms with van der Waals surface area (Å²) in [5.41, 5.74) is -1.94. The highest BCUT2D eigenvalue weighted by Crippen LogP contribution is 2.36. The first-order valence-electron chi connectivity index (χ1n) is 9.66. The van der Waals surface area contributed by atoms with E-state index in [0.29, 0.717) is 28.0 Å². The highest BCUT2D eigenvalue weighted by atomic mass is 35.5. The van der Waals surface area contributed by atoms with Crippen LogP contribution in [0.3, 0.4) is 0 Å². The molecule has 0 spiro atoms. The molecule has 1 unspecified atom stereocenters. The van der Waals surface area contributed by atoms with E-state index < -0.39 is 23.2 Å². The third kappa shape index (κ3) is 4.16. The van der Waals surface area contributed by atoms with Crippen molar-refractivity contribution in [3.05, 3.63) is 66.6 Å². The van der Waals surface area contributed by atoms with E-state index in [1.165, 1.54) is 26.5 Å². The minimum atomic E-state index is -4.66. The van der Waals surface area contributed by atoms with Gasteiger partial charge in [-0.15, -0.1) is 11.3 Å². The summed E-state index contributed by atoms with van der Waals surface area (Å²) in [4.78, 5) is 18.2. The Labute approximate surface area is 195 Å². The van der Waals surface area contributed by atoms with E-state index in [2.05, 4.69) is 4.98 Å². The zero-order valence-corrected chi connectivity index (χ0v) is 19.0. The Morgan fingerprint density at radius 1 is 1.31 bits per heavy atom. The molecular formula is C21H17Cl2F3N3O2S+. The second kappa shape index (κ2) is 8.53. The average Bonchev–Trinajstić information content (AvgIpc) is 3.14. The lowest BCUT2D eigenvalue weighted by Crippen LogP contribution is -2.47. The van der Waals surface area contributed by atoms with Gasteiger partial charge in [0.05, 0.1) is 10.4 Å². The number of hydrogen-bond acceptors (Lipinski definition) is 4. The van der Waals surface area contributed by atoms with Crippen LogP contribution in [0.25, 0.3) is 17.2 Å². The number of benzene rings is 1. The van der Waals surface area contributed by atoms with Crippen molar-refractivity contribution in [3.63, 3.8) is 0 Å². The number of fused-ring (bicyclic) bond motifs is 1. The van der Waals surface area contributed by atoms with Gasteiger partial charge in [-0.2, -0.15) is 22.3 Å². The van der Waals surface area contributed by atoms with Gasteiger partial charge in [0.2, 0.25) is 0 Å². The summed E-state index contributed by atoms with van der Waals surface area (Å²) in [5, 5.41) is 10.9. The number of halogens is 5. The molecule has 0 bridgehead atoms. The van der Waals surface area contributed by atoms with Crippen LogP contribution in [0.15, 0.2) is 35.3 Å². The molecule has 3 heterocycles. The summed E-state index contributed by atoms with van der Waals surface area (Å²) in [6.45, 7) is 2.05. The van der Waals surface area contributed by atoms with Gasteiger partial charge in [-0.25, -0.2) is 9.78 Å². The average molecular weight is 503 g/mol. The lowest BCUT2D eigenvalue weighted by Gasteiger charge is -2.21. The summed E-state index contributed by atoms with van der Waals surface area (Å²) in [7, 11) is 0. The fourth-order valence-corrected chi connectivity index (χ4v) is 5.02. The Kier molecular flexibility index (Phi) is 6.08. The van der Waals surface area contributed by atoms with Crippen molar-refractivity contribution < 1.29 is 22.8 Å². The molecule has 168 valence electrons. The summed E-state index contributed by atoms with van der Waals surface area (Å²) in [5.74, 6) is -0.0143. The summed E-state index contributed by atoms with van der Waals surface area (Å²) in [6.07, 6.45) is 1.72. The zero-order chi connectivity index (χ0) is 23.2. The first-order chi connectivity index (χ1) is 15.1. The molecular weight excluding hydrogens is 486 g/mol. The first kappa shape index (κ1) is 22.8. The minimum Gasteiger partial charge on any atom is -0.477 e. The molecule has 1 N–H and O–H groups in total. The van der Waals surface area contributed by atoms with Gasteiger partial charge in [0.1, 0.15) is 12.6 Å². The van der Waals surface area contributed by atoms with Crippen LogP contribution >= 0.6 is 34.5 Å². The fourth-order valence-electron chi connectivity index (χ4n) is 3.82. The van der Waals surface area contributed by atoms with Crippen molar-refractivity contribution in [2.24, 2.45) is 0 Å². The SMILES string of the molecule is CCC1CC=Cc2n1c(=O)c(-c1cc(Cl)cc(C(F)(F)F)c1)c(O)[n+]2Cc1cnc(Cl)s1.